The van der Waals surface area contributed by atoms with E-state index in [2.05, 4.69) is 50.5 Å². The molecule has 122 valence electrons. The summed E-state index contributed by atoms with van der Waals surface area (Å²) < 4.78 is 0. The first kappa shape index (κ1) is 15.7. The van der Waals surface area contributed by atoms with Crippen LogP contribution in [0.2, 0.25) is 0 Å². The van der Waals surface area contributed by atoms with Gasteiger partial charge in [0.15, 0.2) is 0 Å². The molecule has 2 aromatic rings. The molecule has 0 saturated carbocycles. The zero-order valence-electron chi connectivity index (χ0n) is 13.4. The Labute approximate surface area is 137 Å². The molecule has 0 aliphatic carbocycles. The number of benzene rings is 1. The van der Waals surface area contributed by atoms with E-state index in [1.54, 1.807) is 6.20 Å². The molecule has 0 spiro atoms. The normalized spacial score (nSPS) is 18.7. The van der Waals surface area contributed by atoms with Crippen LogP contribution in [0.1, 0.15) is 41.7 Å². The van der Waals surface area contributed by atoms with Gasteiger partial charge in [0, 0.05) is 19.1 Å². The van der Waals surface area contributed by atoms with Crippen LogP contribution in [-0.4, -0.2) is 39.9 Å². The molecule has 1 amide bonds. The minimum Gasteiger partial charge on any atom is -0.351 e. The Morgan fingerprint density at radius 1 is 1.30 bits per heavy atom. The molecule has 0 radical (unpaired) electrons. The molecule has 3 rings (SSSR count). The Balaban J connectivity index is 1.49. The molecule has 5 nitrogen and oxygen atoms in total. The molecule has 2 heterocycles. The maximum atomic E-state index is 11.9. The van der Waals surface area contributed by atoms with Gasteiger partial charge in [0.1, 0.15) is 5.69 Å². The van der Waals surface area contributed by atoms with Gasteiger partial charge in [-0.25, -0.2) is 4.98 Å². The van der Waals surface area contributed by atoms with Crippen LogP contribution in [0.5, 0.6) is 0 Å². The highest BCUT2D eigenvalue weighted by Gasteiger charge is 2.22. The number of nitrogens with zero attached hydrogens (tertiary/aromatic N) is 2. The van der Waals surface area contributed by atoms with E-state index in [1.165, 1.54) is 31.2 Å². The smallest absolute Gasteiger partial charge is 0.269 e. The molecule has 1 fully saturated rings. The Morgan fingerprint density at radius 2 is 2.17 bits per heavy atom. The molecular weight excluding hydrogens is 288 g/mol. The van der Waals surface area contributed by atoms with Gasteiger partial charge in [-0.2, -0.15) is 0 Å². The molecule has 5 heteroatoms. The van der Waals surface area contributed by atoms with E-state index < -0.39 is 0 Å². The number of aromatic nitrogens is 2. The van der Waals surface area contributed by atoms with Crippen molar-refractivity contribution in [2.45, 2.75) is 38.3 Å². The van der Waals surface area contributed by atoms with Crippen LogP contribution in [0.15, 0.2) is 42.9 Å². The predicted molar refractivity (Wildman–Crippen MR) is 90.0 cm³/mol. The molecule has 1 aliphatic rings. The van der Waals surface area contributed by atoms with Crippen molar-refractivity contribution in [3.05, 3.63) is 54.1 Å². The van der Waals surface area contributed by atoms with Crippen molar-refractivity contribution in [2.75, 3.05) is 13.1 Å². The van der Waals surface area contributed by atoms with Crippen molar-refractivity contribution < 1.29 is 4.79 Å². The van der Waals surface area contributed by atoms with Crippen LogP contribution in [0.4, 0.5) is 0 Å². The minimum atomic E-state index is -0.0760. The first-order valence-electron chi connectivity index (χ1n) is 8.37. The topological polar surface area (TPSA) is 61.0 Å². The summed E-state index contributed by atoms with van der Waals surface area (Å²) in [5, 5.41) is 2.98. The second kappa shape index (κ2) is 7.92. The van der Waals surface area contributed by atoms with Gasteiger partial charge in [-0.1, -0.05) is 36.8 Å². The summed E-state index contributed by atoms with van der Waals surface area (Å²) >= 11 is 0. The van der Waals surface area contributed by atoms with Crippen LogP contribution in [0.3, 0.4) is 0 Å². The quantitative estimate of drug-likeness (QED) is 0.862. The Hall–Kier alpha value is -2.14. The SMILES string of the molecule is O=C(NCCC1CCCCN1Cc1ccccc1)c1cnc[nH]1. The molecule has 1 aromatic carbocycles. The molecule has 1 aromatic heterocycles. The molecule has 2 N–H and O–H groups in total. The fourth-order valence-electron chi connectivity index (χ4n) is 3.24. The maximum Gasteiger partial charge on any atom is 0.269 e. The molecular formula is C18H24N4O. The molecule has 1 aliphatic heterocycles. The number of rotatable bonds is 6. The third kappa shape index (κ3) is 4.42. The summed E-state index contributed by atoms with van der Waals surface area (Å²) in [6.45, 7) is 2.85. The third-order valence-corrected chi connectivity index (χ3v) is 4.48. The molecule has 1 saturated heterocycles. The van der Waals surface area contributed by atoms with Crippen molar-refractivity contribution in [3.8, 4) is 0 Å². The van der Waals surface area contributed by atoms with Crippen molar-refractivity contribution in [1.82, 2.24) is 20.2 Å². The summed E-state index contributed by atoms with van der Waals surface area (Å²) in [7, 11) is 0. The Kier molecular flexibility index (Phi) is 5.42. The highest BCUT2D eigenvalue weighted by Crippen LogP contribution is 2.21. The van der Waals surface area contributed by atoms with Crippen molar-refractivity contribution in [2.24, 2.45) is 0 Å². The van der Waals surface area contributed by atoms with Crippen LogP contribution >= 0.6 is 0 Å². The number of likely N-dealkylation sites (tertiary alicyclic amines) is 1. The first-order chi connectivity index (χ1) is 11.3. The summed E-state index contributed by atoms with van der Waals surface area (Å²) in [6, 6.07) is 11.2. The number of imidazole rings is 1. The number of amides is 1. The third-order valence-electron chi connectivity index (χ3n) is 4.48. The summed E-state index contributed by atoms with van der Waals surface area (Å²) in [5.74, 6) is -0.0760. The first-order valence-corrected chi connectivity index (χ1v) is 8.37. The highest BCUT2D eigenvalue weighted by molar-refractivity contribution is 5.91. The zero-order valence-corrected chi connectivity index (χ0v) is 13.4. The number of H-pyrrole nitrogens is 1. The fraction of sp³-hybridized carbons (Fsp3) is 0.444. The van der Waals surface area contributed by atoms with E-state index in [0.29, 0.717) is 18.3 Å². The van der Waals surface area contributed by atoms with Crippen molar-refractivity contribution >= 4 is 5.91 Å². The van der Waals surface area contributed by atoms with Crippen molar-refractivity contribution in [3.63, 3.8) is 0 Å². The molecule has 1 atom stereocenters. The van der Waals surface area contributed by atoms with Gasteiger partial charge in [0.2, 0.25) is 0 Å². The standard InChI is InChI=1S/C18H24N4O/c23-18(17-12-19-14-21-17)20-10-9-16-8-4-5-11-22(16)13-15-6-2-1-3-7-15/h1-3,6-7,12,14,16H,4-5,8-11,13H2,(H,19,21)(H,20,23). The average molecular weight is 312 g/mol. The van der Waals surface area contributed by atoms with Crippen LogP contribution in [-0.2, 0) is 6.54 Å². The average Bonchev–Trinajstić information content (AvgIpc) is 3.12. The number of carbonyl (C=O) groups is 1. The second-order valence-corrected chi connectivity index (χ2v) is 6.12. The van der Waals surface area contributed by atoms with Gasteiger partial charge < -0.3 is 10.3 Å². The number of hydrogen-bond acceptors (Lipinski definition) is 3. The summed E-state index contributed by atoms with van der Waals surface area (Å²) in [6.07, 6.45) is 7.84. The number of carbonyl (C=O) groups excluding carboxylic acids is 1. The summed E-state index contributed by atoms with van der Waals surface area (Å²) in [5.41, 5.74) is 1.88. The number of piperidine rings is 1. The van der Waals surface area contributed by atoms with E-state index >= 15 is 0 Å². The lowest BCUT2D eigenvalue weighted by Crippen LogP contribution is -2.41. The number of aromatic amines is 1. The Bertz CT molecular complexity index is 597. The van der Waals surface area contributed by atoms with E-state index in [4.69, 9.17) is 0 Å². The van der Waals surface area contributed by atoms with Gasteiger partial charge in [0.25, 0.3) is 5.91 Å². The van der Waals surface area contributed by atoms with E-state index in [9.17, 15) is 4.79 Å². The van der Waals surface area contributed by atoms with E-state index in [0.717, 1.165) is 19.5 Å². The van der Waals surface area contributed by atoms with Gasteiger partial charge in [-0.05, 0) is 31.4 Å². The summed E-state index contributed by atoms with van der Waals surface area (Å²) in [4.78, 5) is 21.2. The molecule has 0 bridgehead atoms. The van der Waals surface area contributed by atoms with Crippen LogP contribution in [0.25, 0.3) is 0 Å². The predicted octanol–water partition coefficient (Wildman–Crippen LogP) is 2.58. The molecule has 1 unspecified atom stereocenters. The van der Waals surface area contributed by atoms with Gasteiger partial charge in [0.05, 0.1) is 12.5 Å². The lowest BCUT2D eigenvalue weighted by molar-refractivity contribution is 0.0932. The second-order valence-electron chi connectivity index (χ2n) is 6.12. The maximum absolute atomic E-state index is 11.9. The van der Waals surface area contributed by atoms with E-state index in [1.807, 2.05) is 0 Å². The van der Waals surface area contributed by atoms with Gasteiger partial charge in [-0.3, -0.25) is 9.69 Å². The van der Waals surface area contributed by atoms with Gasteiger partial charge >= 0.3 is 0 Å². The molecule has 23 heavy (non-hydrogen) atoms. The van der Waals surface area contributed by atoms with Crippen molar-refractivity contribution in [1.29, 1.82) is 0 Å². The van der Waals surface area contributed by atoms with Crippen LogP contribution < -0.4 is 5.32 Å². The zero-order chi connectivity index (χ0) is 15.9. The number of nitrogens with one attached hydrogen (secondary N) is 2. The van der Waals surface area contributed by atoms with Gasteiger partial charge in [-0.15, -0.1) is 0 Å². The monoisotopic (exact) mass is 312 g/mol. The minimum absolute atomic E-state index is 0.0760. The fourth-order valence-corrected chi connectivity index (χ4v) is 3.24. The highest BCUT2D eigenvalue weighted by atomic mass is 16.1. The van der Waals surface area contributed by atoms with Crippen LogP contribution in [0, 0.1) is 0 Å². The van der Waals surface area contributed by atoms with E-state index in [-0.39, 0.29) is 5.91 Å². The Morgan fingerprint density at radius 3 is 2.96 bits per heavy atom. The lowest BCUT2D eigenvalue weighted by atomic mass is 9.98. The number of hydrogen-bond donors (Lipinski definition) is 2. The lowest BCUT2D eigenvalue weighted by Gasteiger charge is -2.36. The largest absolute Gasteiger partial charge is 0.351 e.